The average Bonchev–Trinajstić information content (AvgIpc) is 2.78. The van der Waals surface area contributed by atoms with Crippen LogP contribution < -0.4 is 5.73 Å². The standard InChI is InChI=1S/C14H27N3O2/c1-10-8-17(9-11(2)16(10)3)12-5-6-14(15,7-12)13(18)19-4/h10-12H,5-9,15H2,1-4H3. The molecular formula is C14H27N3O2. The number of methoxy groups -OCH3 is 1. The molecule has 1 saturated heterocycles. The van der Waals surface area contributed by atoms with E-state index in [0.29, 0.717) is 18.1 Å². The molecule has 0 aromatic carbocycles. The second kappa shape index (κ2) is 5.38. The molecule has 1 aliphatic heterocycles. The number of carbonyl (C=O) groups is 1. The largest absolute Gasteiger partial charge is 0.468 e. The number of carbonyl (C=O) groups excluding carboxylic acids is 1. The number of nitrogens with two attached hydrogens (primary N) is 1. The first-order valence-corrected chi connectivity index (χ1v) is 7.20. The number of hydrogen-bond acceptors (Lipinski definition) is 5. The maximum absolute atomic E-state index is 11.8. The monoisotopic (exact) mass is 269 g/mol. The van der Waals surface area contributed by atoms with Gasteiger partial charge in [0.1, 0.15) is 5.54 Å². The summed E-state index contributed by atoms with van der Waals surface area (Å²) in [6, 6.07) is 1.52. The minimum absolute atomic E-state index is 0.259. The zero-order valence-corrected chi connectivity index (χ0v) is 12.6. The molecule has 4 atom stereocenters. The lowest BCUT2D eigenvalue weighted by atomic mass is 9.98. The molecule has 0 spiro atoms. The van der Waals surface area contributed by atoms with Gasteiger partial charge in [0.05, 0.1) is 7.11 Å². The first-order valence-electron chi connectivity index (χ1n) is 7.20. The zero-order valence-electron chi connectivity index (χ0n) is 12.6. The third-order valence-corrected chi connectivity index (χ3v) is 5.02. The molecule has 0 radical (unpaired) electrons. The molecule has 0 amide bonds. The smallest absolute Gasteiger partial charge is 0.325 e. The Morgan fingerprint density at radius 2 is 1.89 bits per heavy atom. The van der Waals surface area contributed by atoms with E-state index in [1.165, 1.54) is 7.11 Å². The van der Waals surface area contributed by atoms with Crippen LogP contribution >= 0.6 is 0 Å². The topological polar surface area (TPSA) is 58.8 Å². The molecule has 0 aromatic rings. The SMILES string of the molecule is COC(=O)C1(N)CCC(N2CC(C)N(C)C(C)C2)C1. The van der Waals surface area contributed by atoms with Crippen LogP contribution in [0.5, 0.6) is 0 Å². The molecule has 5 heteroatoms. The molecule has 1 aliphatic carbocycles. The molecule has 5 nitrogen and oxygen atoms in total. The molecule has 2 N–H and O–H groups in total. The zero-order chi connectivity index (χ0) is 14.2. The van der Waals surface area contributed by atoms with Crippen molar-refractivity contribution in [3.8, 4) is 0 Å². The predicted molar refractivity (Wildman–Crippen MR) is 74.8 cm³/mol. The van der Waals surface area contributed by atoms with E-state index in [1.807, 2.05) is 0 Å². The number of piperazine rings is 1. The summed E-state index contributed by atoms with van der Waals surface area (Å²) in [6.45, 7) is 6.63. The Kier molecular flexibility index (Phi) is 4.18. The summed E-state index contributed by atoms with van der Waals surface area (Å²) < 4.78 is 4.84. The Labute approximate surface area is 116 Å². The quantitative estimate of drug-likeness (QED) is 0.737. The molecule has 0 bridgehead atoms. The van der Waals surface area contributed by atoms with Crippen LogP contribution in [0.1, 0.15) is 33.1 Å². The van der Waals surface area contributed by atoms with Crippen molar-refractivity contribution >= 4 is 5.97 Å². The Balaban J connectivity index is 1.99. The normalized spacial score (nSPS) is 41.4. The number of nitrogens with zero attached hydrogens (tertiary/aromatic N) is 2. The molecule has 2 aliphatic rings. The van der Waals surface area contributed by atoms with Crippen LogP contribution in [0.2, 0.25) is 0 Å². The second-order valence-corrected chi connectivity index (χ2v) is 6.36. The number of ether oxygens (including phenoxy) is 1. The fourth-order valence-electron chi connectivity index (χ4n) is 3.49. The summed E-state index contributed by atoms with van der Waals surface area (Å²) in [7, 11) is 3.60. The fraction of sp³-hybridized carbons (Fsp3) is 0.929. The van der Waals surface area contributed by atoms with Crippen LogP contribution in [0, 0.1) is 0 Å². The summed E-state index contributed by atoms with van der Waals surface area (Å²) >= 11 is 0. The molecule has 4 unspecified atom stereocenters. The molecule has 2 rings (SSSR count). The van der Waals surface area contributed by atoms with Crippen LogP contribution in [0.4, 0.5) is 0 Å². The van der Waals surface area contributed by atoms with Gasteiger partial charge in [0, 0.05) is 31.2 Å². The number of esters is 1. The lowest BCUT2D eigenvalue weighted by Crippen LogP contribution is -2.58. The van der Waals surface area contributed by atoms with Crippen molar-refractivity contribution in [1.29, 1.82) is 0 Å². The van der Waals surface area contributed by atoms with Gasteiger partial charge in [-0.3, -0.25) is 14.6 Å². The Morgan fingerprint density at radius 1 is 1.32 bits per heavy atom. The second-order valence-electron chi connectivity index (χ2n) is 6.36. The highest BCUT2D eigenvalue weighted by atomic mass is 16.5. The van der Waals surface area contributed by atoms with Gasteiger partial charge in [0.15, 0.2) is 0 Å². The Bertz CT molecular complexity index is 338. The lowest BCUT2D eigenvalue weighted by molar-refractivity contribution is -0.147. The van der Waals surface area contributed by atoms with Gasteiger partial charge in [-0.05, 0) is 40.2 Å². The molecule has 1 saturated carbocycles. The third kappa shape index (κ3) is 2.78. The van der Waals surface area contributed by atoms with Crippen molar-refractivity contribution in [3.05, 3.63) is 0 Å². The van der Waals surface area contributed by atoms with Gasteiger partial charge in [-0.25, -0.2) is 0 Å². The van der Waals surface area contributed by atoms with Crippen molar-refractivity contribution in [2.24, 2.45) is 5.73 Å². The van der Waals surface area contributed by atoms with E-state index >= 15 is 0 Å². The van der Waals surface area contributed by atoms with Crippen molar-refractivity contribution in [3.63, 3.8) is 0 Å². The molecule has 110 valence electrons. The van der Waals surface area contributed by atoms with E-state index in [4.69, 9.17) is 10.5 Å². The molecule has 1 heterocycles. The van der Waals surface area contributed by atoms with E-state index in [0.717, 1.165) is 32.4 Å². The minimum Gasteiger partial charge on any atom is -0.468 e. The summed E-state index contributed by atoms with van der Waals surface area (Å²) in [6.07, 6.45) is 2.46. The molecule has 19 heavy (non-hydrogen) atoms. The van der Waals surface area contributed by atoms with Gasteiger partial charge in [0.25, 0.3) is 0 Å². The number of likely N-dealkylation sites (N-methyl/N-ethyl adjacent to an activating group) is 1. The van der Waals surface area contributed by atoms with Gasteiger partial charge < -0.3 is 10.5 Å². The Hall–Kier alpha value is -0.650. The van der Waals surface area contributed by atoms with Crippen molar-refractivity contribution in [2.75, 3.05) is 27.2 Å². The maximum atomic E-state index is 11.8. The number of rotatable bonds is 2. The van der Waals surface area contributed by atoms with Crippen LogP contribution in [-0.4, -0.2) is 66.7 Å². The van der Waals surface area contributed by atoms with Gasteiger partial charge in [-0.1, -0.05) is 0 Å². The summed E-state index contributed by atoms with van der Waals surface area (Å²) in [5, 5.41) is 0. The van der Waals surface area contributed by atoms with Crippen molar-refractivity contribution in [1.82, 2.24) is 9.80 Å². The predicted octanol–water partition coefficient (Wildman–Crippen LogP) is 0.434. The first-order chi connectivity index (χ1) is 8.87. The van der Waals surface area contributed by atoms with E-state index in [2.05, 4.69) is 30.7 Å². The van der Waals surface area contributed by atoms with E-state index < -0.39 is 5.54 Å². The van der Waals surface area contributed by atoms with E-state index in [-0.39, 0.29) is 5.97 Å². The van der Waals surface area contributed by atoms with E-state index in [9.17, 15) is 4.79 Å². The lowest BCUT2D eigenvalue weighted by Gasteiger charge is -2.45. The average molecular weight is 269 g/mol. The summed E-state index contributed by atoms with van der Waals surface area (Å²) in [5.41, 5.74) is 5.43. The maximum Gasteiger partial charge on any atom is 0.325 e. The van der Waals surface area contributed by atoms with E-state index in [1.54, 1.807) is 0 Å². The van der Waals surface area contributed by atoms with Crippen LogP contribution in [0.25, 0.3) is 0 Å². The van der Waals surface area contributed by atoms with Crippen LogP contribution in [-0.2, 0) is 9.53 Å². The molecular weight excluding hydrogens is 242 g/mol. The highest BCUT2D eigenvalue weighted by molar-refractivity contribution is 5.81. The third-order valence-electron chi connectivity index (χ3n) is 5.02. The Morgan fingerprint density at radius 3 is 2.42 bits per heavy atom. The van der Waals surface area contributed by atoms with Gasteiger partial charge in [0.2, 0.25) is 0 Å². The molecule has 2 fully saturated rings. The highest BCUT2D eigenvalue weighted by Crippen LogP contribution is 2.33. The van der Waals surface area contributed by atoms with Gasteiger partial charge in [-0.2, -0.15) is 0 Å². The molecule has 0 aromatic heterocycles. The van der Waals surface area contributed by atoms with Gasteiger partial charge in [-0.15, -0.1) is 0 Å². The minimum atomic E-state index is -0.769. The fourth-order valence-corrected chi connectivity index (χ4v) is 3.49. The summed E-state index contributed by atoms with van der Waals surface area (Å²) in [4.78, 5) is 16.7. The van der Waals surface area contributed by atoms with Crippen LogP contribution in [0.15, 0.2) is 0 Å². The summed E-state index contributed by atoms with van der Waals surface area (Å²) in [5.74, 6) is -0.259. The van der Waals surface area contributed by atoms with Crippen LogP contribution in [0.3, 0.4) is 0 Å². The van der Waals surface area contributed by atoms with Crippen molar-refractivity contribution < 1.29 is 9.53 Å². The highest BCUT2D eigenvalue weighted by Gasteiger charge is 2.45. The van der Waals surface area contributed by atoms with Crippen molar-refractivity contribution in [2.45, 2.75) is 56.8 Å². The first kappa shape index (κ1) is 14.8. The number of hydrogen-bond donors (Lipinski definition) is 1. The van der Waals surface area contributed by atoms with Gasteiger partial charge >= 0.3 is 5.97 Å².